The summed E-state index contributed by atoms with van der Waals surface area (Å²) in [5.41, 5.74) is 2.71. The molecule has 3 aromatic carbocycles. The van der Waals surface area contributed by atoms with Gasteiger partial charge < -0.3 is 24.9 Å². The lowest BCUT2D eigenvalue weighted by Crippen LogP contribution is -2.31. The minimum atomic E-state index is -1.42. The van der Waals surface area contributed by atoms with Gasteiger partial charge in [-0.15, -0.1) is 0 Å². The highest BCUT2D eigenvalue weighted by Gasteiger charge is 2.24. The van der Waals surface area contributed by atoms with Crippen LogP contribution in [0.4, 0.5) is 8.78 Å². The first kappa shape index (κ1) is 25.6. The molecule has 0 bridgehead atoms. The lowest BCUT2D eigenvalue weighted by Gasteiger charge is -2.25. The summed E-state index contributed by atoms with van der Waals surface area (Å²) in [4.78, 5) is 10.6. The van der Waals surface area contributed by atoms with Crippen LogP contribution in [0.3, 0.4) is 0 Å². The normalized spacial score (nSPS) is 13.0. The fraction of sp³-hybridized carbons (Fsp3) is 0.269. The molecular weight excluding hydrogens is 466 g/mol. The molecule has 0 fully saturated rings. The number of ether oxygens (including phenoxy) is 1. The summed E-state index contributed by atoms with van der Waals surface area (Å²) in [7, 11) is 0. The number of halogens is 3. The van der Waals surface area contributed by atoms with Gasteiger partial charge in [-0.3, -0.25) is 0 Å². The van der Waals surface area contributed by atoms with Crippen molar-refractivity contribution in [3.05, 3.63) is 99.6 Å². The van der Waals surface area contributed by atoms with Crippen LogP contribution in [0.5, 0.6) is 5.75 Å². The average Bonchev–Trinajstić information content (AvgIpc) is 2.75. The number of carboxylic acid groups (broad SMARTS) is 1. The van der Waals surface area contributed by atoms with Crippen LogP contribution >= 0.6 is 11.6 Å². The van der Waals surface area contributed by atoms with Gasteiger partial charge in [0.1, 0.15) is 24.0 Å². The van der Waals surface area contributed by atoms with Crippen molar-refractivity contribution < 1.29 is 33.6 Å². The Kier molecular flexibility index (Phi) is 8.61. The van der Waals surface area contributed by atoms with Gasteiger partial charge in [0.15, 0.2) is 0 Å². The SMILES string of the molecule is Cc1cc(Cl)cc(C(c2ccc(F)cc2)c2ccc(F)cc2)c1OCC(O)C[C@@H](O)CC(=O)[O-]. The highest BCUT2D eigenvalue weighted by molar-refractivity contribution is 6.30. The highest BCUT2D eigenvalue weighted by atomic mass is 35.5. The van der Waals surface area contributed by atoms with E-state index in [4.69, 9.17) is 16.3 Å². The first-order valence-corrected chi connectivity index (χ1v) is 11.0. The standard InChI is InChI=1S/C26H25ClF2O5/c1-15-10-18(27)11-23(26(15)34-14-22(31)12-21(30)13-24(32)33)25(16-2-6-19(28)7-3-16)17-4-8-20(29)9-5-17/h2-11,21-22,25,30-31H,12-14H2,1H3,(H,32,33)/p-1/t21-,22?/m1/s1. The Balaban J connectivity index is 1.98. The van der Waals surface area contributed by atoms with Crippen LogP contribution in [0.15, 0.2) is 60.7 Å². The number of aliphatic hydroxyl groups excluding tert-OH is 2. The number of hydrogen-bond acceptors (Lipinski definition) is 5. The van der Waals surface area contributed by atoms with Crippen LogP contribution < -0.4 is 9.84 Å². The molecule has 3 rings (SSSR count). The van der Waals surface area contributed by atoms with E-state index in [0.29, 0.717) is 33.0 Å². The quantitative estimate of drug-likeness (QED) is 0.423. The number of carbonyl (C=O) groups is 1. The molecule has 3 aromatic rings. The van der Waals surface area contributed by atoms with Gasteiger partial charge in [-0.2, -0.15) is 0 Å². The monoisotopic (exact) mass is 489 g/mol. The predicted octanol–water partition coefficient (Wildman–Crippen LogP) is 3.74. The smallest absolute Gasteiger partial charge is 0.126 e. The van der Waals surface area contributed by atoms with E-state index in [-0.39, 0.29) is 13.0 Å². The van der Waals surface area contributed by atoms with Gasteiger partial charge in [-0.1, -0.05) is 35.9 Å². The maximum Gasteiger partial charge on any atom is 0.126 e. The Bertz CT molecular complexity index is 1070. The molecule has 0 saturated heterocycles. The third-order valence-corrected chi connectivity index (χ3v) is 5.57. The molecule has 0 spiro atoms. The first-order chi connectivity index (χ1) is 16.1. The Morgan fingerprint density at radius 3 is 2.00 bits per heavy atom. The molecular formula is C26H24ClF2O5-. The predicted molar refractivity (Wildman–Crippen MR) is 122 cm³/mol. The minimum Gasteiger partial charge on any atom is -0.550 e. The lowest BCUT2D eigenvalue weighted by molar-refractivity contribution is -0.307. The van der Waals surface area contributed by atoms with Crippen molar-refractivity contribution in [3.8, 4) is 5.75 Å². The van der Waals surface area contributed by atoms with Crippen molar-refractivity contribution in [2.24, 2.45) is 0 Å². The Labute approximate surface area is 201 Å². The van der Waals surface area contributed by atoms with Gasteiger partial charge in [0, 0.05) is 35.3 Å². The Morgan fingerprint density at radius 2 is 1.50 bits per heavy atom. The topological polar surface area (TPSA) is 89.8 Å². The van der Waals surface area contributed by atoms with E-state index in [1.165, 1.54) is 24.3 Å². The fourth-order valence-electron chi connectivity index (χ4n) is 3.87. The van der Waals surface area contributed by atoms with Crippen LogP contribution in [0.25, 0.3) is 0 Å². The number of hydrogen-bond donors (Lipinski definition) is 2. The van der Waals surface area contributed by atoms with Crippen LogP contribution in [-0.2, 0) is 4.79 Å². The van der Waals surface area contributed by atoms with E-state index < -0.39 is 42.2 Å². The molecule has 5 nitrogen and oxygen atoms in total. The largest absolute Gasteiger partial charge is 0.550 e. The van der Waals surface area contributed by atoms with Gasteiger partial charge >= 0.3 is 0 Å². The zero-order valence-electron chi connectivity index (χ0n) is 18.4. The summed E-state index contributed by atoms with van der Waals surface area (Å²) in [6.07, 6.45) is -3.23. The molecule has 0 aliphatic rings. The summed E-state index contributed by atoms with van der Waals surface area (Å²) in [6.45, 7) is 1.55. The molecule has 8 heteroatoms. The molecule has 1 unspecified atom stereocenters. The number of carboxylic acids is 1. The van der Waals surface area contributed by atoms with E-state index in [9.17, 15) is 28.9 Å². The van der Waals surface area contributed by atoms with Crippen molar-refractivity contribution in [2.45, 2.75) is 37.9 Å². The van der Waals surface area contributed by atoms with E-state index >= 15 is 0 Å². The molecule has 0 aromatic heterocycles. The van der Waals surface area contributed by atoms with Gasteiger partial charge in [0.2, 0.25) is 0 Å². The highest BCUT2D eigenvalue weighted by Crippen LogP contribution is 2.40. The summed E-state index contributed by atoms with van der Waals surface area (Å²) in [5, 5.41) is 31.1. The van der Waals surface area contributed by atoms with Crippen molar-refractivity contribution in [3.63, 3.8) is 0 Å². The number of aliphatic carboxylic acids is 1. The second kappa shape index (κ2) is 11.4. The molecule has 34 heavy (non-hydrogen) atoms. The Morgan fingerprint density at radius 1 is 0.971 bits per heavy atom. The summed E-state index contributed by atoms with van der Waals surface area (Å²) in [5.74, 6) is -2.30. The first-order valence-electron chi connectivity index (χ1n) is 10.6. The van der Waals surface area contributed by atoms with Gasteiger partial charge in [0.25, 0.3) is 0 Å². The molecule has 2 N–H and O–H groups in total. The molecule has 0 aliphatic heterocycles. The van der Waals surface area contributed by atoms with Gasteiger partial charge in [0.05, 0.1) is 12.2 Å². The third kappa shape index (κ3) is 6.76. The van der Waals surface area contributed by atoms with Crippen LogP contribution in [-0.4, -0.2) is 35.0 Å². The van der Waals surface area contributed by atoms with Crippen molar-refractivity contribution in [1.82, 2.24) is 0 Å². The van der Waals surface area contributed by atoms with E-state index in [1.807, 2.05) is 0 Å². The Hall–Kier alpha value is -3.00. The third-order valence-electron chi connectivity index (χ3n) is 5.35. The van der Waals surface area contributed by atoms with Gasteiger partial charge in [-0.25, -0.2) is 8.78 Å². The molecule has 0 amide bonds. The van der Waals surface area contributed by atoms with Crippen molar-refractivity contribution in [2.75, 3.05) is 6.61 Å². The fourth-order valence-corrected chi connectivity index (χ4v) is 4.15. The number of aliphatic hydroxyl groups is 2. The zero-order valence-corrected chi connectivity index (χ0v) is 19.1. The maximum atomic E-state index is 13.6. The van der Waals surface area contributed by atoms with E-state index in [0.717, 1.165) is 0 Å². The number of rotatable bonds is 10. The molecule has 0 saturated carbocycles. The summed E-state index contributed by atoms with van der Waals surface area (Å²) in [6, 6.07) is 15.2. The minimum absolute atomic E-state index is 0.213. The summed E-state index contributed by atoms with van der Waals surface area (Å²) >= 11 is 6.35. The maximum absolute atomic E-state index is 13.6. The van der Waals surface area contributed by atoms with E-state index in [1.54, 1.807) is 43.3 Å². The number of aryl methyl sites for hydroxylation is 1. The number of carbonyl (C=O) groups excluding carboxylic acids is 1. The zero-order chi connectivity index (χ0) is 24.8. The van der Waals surface area contributed by atoms with Crippen LogP contribution in [0.1, 0.15) is 41.0 Å². The van der Waals surface area contributed by atoms with Crippen LogP contribution in [0, 0.1) is 18.6 Å². The van der Waals surface area contributed by atoms with E-state index in [2.05, 4.69) is 0 Å². The second-order valence-corrected chi connectivity index (χ2v) is 8.54. The van der Waals surface area contributed by atoms with Crippen molar-refractivity contribution in [1.29, 1.82) is 0 Å². The molecule has 2 atom stereocenters. The lowest BCUT2D eigenvalue weighted by atomic mass is 9.84. The van der Waals surface area contributed by atoms with Gasteiger partial charge in [-0.05, 0) is 60.0 Å². The average molecular weight is 490 g/mol. The molecule has 180 valence electrons. The van der Waals surface area contributed by atoms with Crippen LogP contribution in [0.2, 0.25) is 5.02 Å². The second-order valence-electron chi connectivity index (χ2n) is 8.11. The number of benzene rings is 3. The van der Waals surface area contributed by atoms with Crippen molar-refractivity contribution >= 4 is 17.6 Å². The molecule has 0 heterocycles. The summed E-state index contributed by atoms with van der Waals surface area (Å²) < 4.78 is 33.2. The molecule has 0 radical (unpaired) electrons. The molecule has 0 aliphatic carbocycles.